The number of likely N-dealkylation sites (tertiary alicyclic amines) is 1. The van der Waals surface area contributed by atoms with Gasteiger partial charge in [0.05, 0.1) is 12.1 Å². The first-order valence-electron chi connectivity index (χ1n) is 4.99. The summed E-state index contributed by atoms with van der Waals surface area (Å²) in [6, 6.07) is 3.49. The van der Waals surface area contributed by atoms with Gasteiger partial charge in [-0.25, -0.2) is 0 Å². The molecule has 1 fully saturated rings. The number of nitrogens with one attached hydrogen (secondary N) is 1. The van der Waals surface area contributed by atoms with Gasteiger partial charge in [-0.1, -0.05) is 13.8 Å². The SMILES string of the molecule is CC(C)NC1CCN(C)[C@@H](C#N)C1. The lowest BCUT2D eigenvalue weighted by Crippen LogP contribution is -2.47. The maximum absolute atomic E-state index is 8.89. The van der Waals surface area contributed by atoms with E-state index in [-0.39, 0.29) is 6.04 Å². The monoisotopic (exact) mass is 181 g/mol. The molecule has 1 saturated heterocycles. The zero-order valence-electron chi connectivity index (χ0n) is 8.75. The van der Waals surface area contributed by atoms with Gasteiger partial charge in [0.1, 0.15) is 0 Å². The van der Waals surface area contributed by atoms with Gasteiger partial charge in [0.15, 0.2) is 0 Å². The Balaban J connectivity index is 2.41. The Morgan fingerprint density at radius 3 is 2.77 bits per heavy atom. The summed E-state index contributed by atoms with van der Waals surface area (Å²) < 4.78 is 0. The third kappa shape index (κ3) is 2.98. The Hall–Kier alpha value is -0.590. The van der Waals surface area contributed by atoms with Crippen molar-refractivity contribution >= 4 is 0 Å². The van der Waals surface area contributed by atoms with E-state index in [1.165, 1.54) is 0 Å². The average molecular weight is 181 g/mol. The van der Waals surface area contributed by atoms with Gasteiger partial charge in [-0.15, -0.1) is 0 Å². The number of piperidine rings is 1. The van der Waals surface area contributed by atoms with Crippen LogP contribution >= 0.6 is 0 Å². The highest BCUT2D eigenvalue weighted by molar-refractivity contribution is 4.97. The minimum absolute atomic E-state index is 0.102. The molecule has 0 bridgehead atoms. The maximum atomic E-state index is 8.89. The summed E-state index contributed by atoms with van der Waals surface area (Å²) >= 11 is 0. The number of hydrogen-bond acceptors (Lipinski definition) is 3. The van der Waals surface area contributed by atoms with Crippen LogP contribution in [0.4, 0.5) is 0 Å². The molecule has 0 aromatic rings. The molecule has 0 spiro atoms. The van der Waals surface area contributed by atoms with Gasteiger partial charge < -0.3 is 5.32 Å². The fraction of sp³-hybridized carbons (Fsp3) is 0.900. The highest BCUT2D eigenvalue weighted by atomic mass is 15.1. The molecule has 74 valence electrons. The van der Waals surface area contributed by atoms with Crippen molar-refractivity contribution < 1.29 is 0 Å². The predicted octanol–water partition coefficient (Wildman–Crippen LogP) is 0.971. The molecule has 1 rings (SSSR count). The van der Waals surface area contributed by atoms with Gasteiger partial charge in [0.25, 0.3) is 0 Å². The minimum Gasteiger partial charge on any atom is -0.312 e. The van der Waals surface area contributed by atoms with Crippen molar-refractivity contribution in [2.75, 3.05) is 13.6 Å². The predicted molar refractivity (Wildman–Crippen MR) is 53.3 cm³/mol. The lowest BCUT2D eigenvalue weighted by molar-refractivity contribution is 0.187. The molecule has 3 nitrogen and oxygen atoms in total. The first-order valence-corrected chi connectivity index (χ1v) is 4.99. The van der Waals surface area contributed by atoms with Gasteiger partial charge in [0.2, 0.25) is 0 Å². The van der Waals surface area contributed by atoms with Crippen LogP contribution in [0, 0.1) is 11.3 Å². The molecule has 0 radical (unpaired) electrons. The molecule has 1 unspecified atom stereocenters. The molecule has 0 saturated carbocycles. The Kier molecular flexibility index (Phi) is 3.71. The zero-order valence-corrected chi connectivity index (χ0v) is 8.75. The van der Waals surface area contributed by atoms with E-state index >= 15 is 0 Å². The average Bonchev–Trinajstić information content (AvgIpc) is 2.07. The normalized spacial score (nSPS) is 30.4. The molecule has 1 aliphatic heterocycles. The van der Waals surface area contributed by atoms with Gasteiger partial charge in [0, 0.05) is 18.6 Å². The third-order valence-corrected chi connectivity index (χ3v) is 2.59. The van der Waals surface area contributed by atoms with Crippen molar-refractivity contribution in [2.24, 2.45) is 0 Å². The Morgan fingerprint density at radius 2 is 2.23 bits per heavy atom. The van der Waals surface area contributed by atoms with Crippen molar-refractivity contribution in [2.45, 2.75) is 44.8 Å². The zero-order chi connectivity index (χ0) is 9.84. The van der Waals surface area contributed by atoms with Crippen LogP contribution in [0.25, 0.3) is 0 Å². The van der Waals surface area contributed by atoms with E-state index in [4.69, 9.17) is 5.26 Å². The Labute approximate surface area is 80.7 Å². The van der Waals surface area contributed by atoms with Gasteiger partial charge in [-0.05, 0) is 19.9 Å². The second kappa shape index (κ2) is 4.59. The van der Waals surface area contributed by atoms with Crippen molar-refractivity contribution in [3.8, 4) is 6.07 Å². The van der Waals surface area contributed by atoms with E-state index in [0.717, 1.165) is 19.4 Å². The standard InChI is InChI=1S/C10H19N3/c1-8(2)12-9-4-5-13(3)10(6-9)7-11/h8-10,12H,4-6H2,1-3H3/t9?,10-/m1/s1. The summed E-state index contributed by atoms with van der Waals surface area (Å²) in [6.45, 7) is 5.34. The van der Waals surface area contributed by atoms with Crippen LogP contribution in [0.15, 0.2) is 0 Å². The van der Waals surface area contributed by atoms with Crippen LogP contribution in [0.2, 0.25) is 0 Å². The van der Waals surface area contributed by atoms with E-state index in [9.17, 15) is 0 Å². The second-order valence-electron chi connectivity index (χ2n) is 4.17. The first kappa shape index (κ1) is 10.5. The van der Waals surface area contributed by atoms with E-state index in [1.54, 1.807) is 0 Å². The summed E-state index contributed by atoms with van der Waals surface area (Å²) in [5.41, 5.74) is 0. The molecule has 1 N–H and O–H groups in total. The molecular formula is C10H19N3. The van der Waals surface area contributed by atoms with Gasteiger partial charge >= 0.3 is 0 Å². The van der Waals surface area contributed by atoms with Crippen LogP contribution in [-0.4, -0.2) is 36.6 Å². The minimum atomic E-state index is 0.102. The third-order valence-electron chi connectivity index (χ3n) is 2.59. The molecule has 0 aromatic carbocycles. The Bertz CT molecular complexity index is 195. The smallest absolute Gasteiger partial charge is 0.0990 e. The maximum Gasteiger partial charge on any atom is 0.0990 e. The van der Waals surface area contributed by atoms with Crippen LogP contribution in [0.3, 0.4) is 0 Å². The van der Waals surface area contributed by atoms with E-state index in [2.05, 4.69) is 30.1 Å². The van der Waals surface area contributed by atoms with E-state index in [0.29, 0.717) is 12.1 Å². The van der Waals surface area contributed by atoms with Crippen molar-refractivity contribution in [1.82, 2.24) is 10.2 Å². The number of hydrogen-bond donors (Lipinski definition) is 1. The number of nitriles is 1. The fourth-order valence-electron chi connectivity index (χ4n) is 1.86. The summed E-state index contributed by atoms with van der Waals surface area (Å²) in [6.07, 6.45) is 2.12. The number of nitrogens with zero attached hydrogens (tertiary/aromatic N) is 2. The molecule has 1 aliphatic rings. The summed E-state index contributed by atoms with van der Waals surface area (Å²) in [5.74, 6) is 0. The highest BCUT2D eigenvalue weighted by Gasteiger charge is 2.25. The lowest BCUT2D eigenvalue weighted by Gasteiger charge is -2.34. The second-order valence-corrected chi connectivity index (χ2v) is 4.17. The van der Waals surface area contributed by atoms with Gasteiger partial charge in [-0.2, -0.15) is 5.26 Å². The van der Waals surface area contributed by atoms with Crippen molar-refractivity contribution in [3.05, 3.63) is 0 Å². The van der Waals surface area contributed by atoms with Crippen LogP contribution in [0.5, 0.6) is 0 Å². The molecule has 0 aliphatic carbocycles. The number of rotatable bonds is 2. The summed E-state index contributed by atoms with van der Waals surface area (Å²) in [5, 5.41) is 12.4. The van der Waals surface area contributed by atoms with Gasteiger partial charge in [-0.3, -0.25) is 4.90 Å². The lowest BCUT2D eigenvalue weighted by atomic mass is 9.98. The summed E-state index contributed by atoms with van der Waals surface area (Å²) in [4.78, 5) is 2.14. The largest absolute Gasteiger partial charge is 0.312 e. The van der Waals surface area contributed by atoms with E-state index < -0.39 is 0 Å². The van der Waals surface area contributed by atoms with Crippen LogP contribution in [-0.2, 0) is 0 Å². The highest BCUT2D eigenvalue weighted by Crippen LogP contribution is 2.15. The van der Waals surface area contributed by atoms with Crippen molar-refractivity contribution in [1.29, 1.82) is 5.26 Å². The topological polar surface area (TPSA) is 39.1 Å². The molecule has 0 amide bonds. The molecule has 3 heteroatoms. The molecule has 2 atom stereocenters. The van der Waals surface area contributed by atoms with Crippen LogP contribution < -0.4 is 5.32 Å². The van der Waals surface area contributed by atoms with Crippen LogP contribution in [0.1, 0.15) is 26.7 Å². The fourth-order valence-corrected chi connectivity index (χ4v) is 1.86. The molecular weight excluding hydrogens is 162 g/mol. The first-order chi connectivity index (χ1) is 6.13. The molecule has 0 aromatic heterocycles. The Morgan fingerprint density at radius 1 is 1.54 bits per heavy atom. The quantitative estimate of drug-likeness (QED) is 0.690. The molecule has 1 heterocycles. The molecule has 13 heavy (non-hydrogen) atoms. The summed E-state index contributed by atoms with van der Waals surface area (Å²) in [7, 11) is 2.03. The van der Waals surface area contributed by atoms with Crippen molar-refractivity contribution in [3.63, 3.8) is 0 Å². The van der Waals surface area contributed by atoms with E-state index in [1.807, 2.05) is 7.05 Å².